The first-order chi connectivity index (χ1) is 12.1. The Morgan fingerprint density at radius 2 is 2.12 bits per heavy atom. The number of anilines is 1. The minimum atomic E-state index is 0.363. The second kappa shape index (κ2) is 6.31. The predicted octanol–water partition coefficient (Wildman–Crippen LogP) is 2.50. The van der Waals surface area contributed by atoms with Gasteiger partial charge in [0, 0.05) is 30.8 Å². The van der Waals surface area contributed by atoms with E-state index in [0.29, 0.717) is 6.04 Å². The van der Waals surface area contributed by atoms with Gasteiger partial charge in [-0.3, -0.25) is 4.98 Å². The Kier molecular flexibility index (Phi) is 3.99. The minimum Gasteiger partial charge on any atom is -0.490 e. The van der Waals surface area contributed by atoms with Gasteiger partial charge in [0.2, 0.25) is 0 Å². The lowest BCUT2D eigenvalue weighted by atomic mass is 10.2. The highest BCUT2D eigenvalue weighted by atomic mass is 16.5. The SMILES string of the molecule is Cc1ncc(C)n2nc(CCc3ccc4c(n3)NC(C)CCO4)nc12. The third-order valence-corrected chi connectivity index (χ3v) is 4.47. The number of fused-ring (bicyclic) bond motifs is 2. The zero-order valence-electron chi connectivity index (χ0n) is 14.8. The Bertz CT molecular complexity index is 880. The van der Waals surface area contributed by atoms with Gasteiger partial charge >= 0.3 is 0 Å². The van der Waals surface area contributed by atoms with E-state index in [2.05, 4.69) is 27.3 Å². The molecule has 3 aromatic heterocycles. The number of nitrogens with one attached hydrogen (secondary N) is 1. The molecule has 0 saturated heterocycles. The Morgan fingerprint density at radius 3 is 2.96 bits per heavy atom. The highest BCUT2D eigenvalue weighted by Crippen LogP contribution is 2.26. The Labute approximate surface area is 146 Å². The van der Waals surface area contributed by atoms with Gasteiger partial charge in [0.1, 0.15) is 0 Å². The van der Waals surface area contributed by atoms with E-state index in [1.165, 1.54) is 0 Å². The van der Waals surface area contributed by atoms with E-state index in [9.17, 15) is 0 Å². The van der Waals surface area contributed by atoms with E-state index in [0.717, 1.165) is 66.0 Å². The maximum Gasteiger partial charge on any atom is 0.177 e. The number of nitrogens with zero attached hydrogens (tertiary/aromatic N) is 5. The topological polar surface area (TPSA) is 77.2 Å². The zero-order chi connectivity index (χ0) is 17.4. The molecule has 0 amide bonds. The van der Waals surface area contributed by atoms with Crippen LogP contribution in [0.4, 0.5) is 5.82 Å². The molecule has 4 rings (SSSR count). The summed E-state index contributed by atoms with van der Waals surface area (Å²) < 4.78 is 7.60. The highest BCUT2D eigenvalue weighted by Gasteiger charge is 2.15. The lowest BCUT2D eigenvalue weighted by molar-refractivity contribution is 0.313. The Morgan fingerprint density at radius 1 is 1.24 bits per heavy atom. The van der Waals surface area contributed by atoms with E-state index in [1.807, 2.05) is 36.7 Å². The van der Waals surface area contributed by atoms with Gasteiger partial charge in [-0.1, -0.05) is 0 Å². The van der Waals surface area contributed by atoms with Gasteiger partial charge in [-0.05, 0) is 39.3 Å². The molecule has 1 atom stereocenters. The summed E-state index contributed by atoms with van der Waals surface area (Å²) in [6.07, 6.45) is 4.32. The standard InChI is InChI=1S/C18H22N6O/c1-11-8-9-25-15-6-4-14(21-17(15)20-11)5-7-16-22-18-13(3)19-10-12(2)24(18)23-16/h4,6,10-11H,5,7-9H2,1-3H3,(H,20,21). The van der Waals surface area contributed by atoms with Crippen molar-refractivity contribution in [1.82, 2.24) is 24.6 Å². The fraction of sp³-hybridized carbons (Fsp3) is 0.444. The first-order valence-electron chi connectivity index (χ1n) is 8.67. The van der Waals surface area contributed by atoms with Gasteiger partial charge in [-0.25, -0.2) is 14.5 Å². The number of pyridine rings is 1. The Hall–Kier alpha value is -2.70. The zero-order valence-corrected chi connectivity index (χ0v) is 14.8. The molecule has 1 N–H and O–H groups in total. The molecule has 25 heavy (non-hydrogen) atoms. The van der Waals surface area contributed by atoms with Crippen molar-refractivity contribution in [1.29, 1.82) is 0 Å². The van der Waals surface area contributed by atoms with Crippen molar-refractivity contribution in [3.63, 3.8) is 0 Å². The molecule has 1 aliphatic heterocycles. The highest BCUT2D eigenvalue weighted by molar-refractivity contribution is 5.52. The van der Waals surface area contributed by atoms with Gasteiger partial charge in [0.05, 0.1) is 18.0 Å². The largest absolute Gasteiger partial charge is 0.490 e. The summed E-state index contributed by atoms with van der Waals surface area (Å²) in [7, 11) is 0. The van der Waals surface area contributed by atoms with Gasteiger partial charge < -0.3 is 10.1 Å². The third kappa shape index (κ3) is 3.14. The summed E-state index contributed by atoms with van der Waals surface area (Å²) in [5.74, 6) is 2.48. The molecular weight excluding hydrogens is 316 g/mol. The lowest BCUT2D eigenvalue weighted by Gasteiger charge is -2.11. The van der Waals surface area contributed by atoms with Crippen LogP contribution in [0.1, 0.15) is 36.3 Å². The van der Waals surface area contributed by atoms with E-state index in [-0.39, 0.29) is 0 Å². The molecule has 0 radical (unpaired) electrons. The van der Waals surface area contributed by atoms with Crippen LogP contribution in [0.5, 0.6) is 5.75 Å². The average Bonchev–Trinajstić information content (AvgIpc) is 2.95. The van der Waals surface area contributed by atoms with E-state index in [1.54, 1.807) is 0 Å². The molecule has 7 heteroatoms. The van der Waals surface area contributed by atoms with Crippen molar-refractivity contribution in [3.05, 3.63) is 41.2 Å². The molecule has 0 aromatic carbocycles. The fourth-order valence-corrected chi connectivity index (χ4v) is 2.98. The quantitative estimate of drug-likeness (QED) is 0.791. The molecule has 3 aromatic rings. The van der Waals surface area contributed by atoms with Gasteiger partial charge in [0.15, 0.2) is 23.0 Å². The molecule has 4 heterocycles. The summed E-state index contributed by atoms with van der Waals surface area (Å²) in [6, 6.07) is 4.38. The van der Waals surface area contributed by atoms with Gasteiger partial charge in [-0.2, -0.15) is 5.10 Å². The number of ether oxygens (including phenoxy) is 1. The number of hydrogen-bond donors (Lipinski definition) is 1. The van der Waals surface area contributed by atoms with Crippen molar-refractivity contribution in [3.8, 4) is 5.75 Å². The van der Waals surface area contributed by atoms with Crippen LogP contribution in [0.3, 0.4) is 0 Å². The van der Waals surface area contributed by atoms with Crippen LogP contribution >= 0.6 is 0 Å². The molecule has 0 bridgehead atoms. The van der Waals surface area contributed by atoms with E-state index in [4.69, 9.17) is 9.72 Å². The molecule has 7 nitrogen and oxygen atoms in total. The normalized spacial score (nSPS) is 16.8. The Balaban J connectivity index is 1.54. The average molecular weight is 338 g/mol. The maximum atomic E-state index is 5.74. The van der Waals surface area contributed by atoms with Crippen molar-refractivity contribution in [2.24, 2.45) is 0 Å². The van der Waals surface area contributed by atoms with Crippen molar-refractivity contribution >= 4 is 11.5 Å². The molecule has 1 aliphatic rings. The summed E-state index contributed by atoms with van der Waals surface area (Å²) in [6.45, 7) is 6.80. The van der Waals surface area contributed by atoms with Crippen LogP contribution in [-0.2, 0) is 12.8 Å². The van der Waals surface area contributed by atoms with E-state index < -0.39 is 0 Å². The molecule has 0 fully saturated rings. The number of rotatable bonds is 3. The molecule has 1 unspecified atom stereocenters. The van der Waals surface area contributed by atoms with Crippen molar-refractivity contribution < 1.29 is 4.74 Å². The first-order valence-corrected chi connectivity index (χ1v) is 8.67. The summed E-state index contributed by atoms with van der Waals surface area (Å²) in [4.78, 5) is 13.7. The number of aromatic nitrogens is 5. The van der Waals surface area contributed by atoms with Gasteiger partial charge in [-0.15, -0.1) is 0 Å². The minimum absolute atomic E-state index is 0.363. The first kappa shape index (κ1) is 15.8. The maximum absolute atomic E-state index is 5.74. The molecular formula is C18H22N6O. The third-order valence-electron chi connectivity index (χ3n) is 4.47. The monoisotopic (exact) mass is 338 g/mol. The summed E-state index contributed by atoms with van der Waals surface area (Å²) in [5, 5.41) is 8.02. The van der Waals surface area contributed by atoms with Gasteiger partial charge in [0.25, 0.3) is 0 Å². The van der Waals surface area contributed by atoms with Crippen molar-refractivity contribution in [2.45, 2.75) is 46.1 Å². The summed E-state index contributed by atoms with van der Waals surface area (Å²) >= 11 is 0. The molecule has 0 spiro atoms. The second-order valence-corrected chi connectivity index (χ2v) is 6.58. The molecule has 0 aliphatic carbocycles. The van der Waals surface area contributed by atoms with Crippen LogP contribution in [0.2, 0.25) is 0 Å². The number of hydrogen-bond acceptors (Lipinski definition) is 6. The van der Waals surface area contributed by atoms with Crippen LogP contribution in [0, 0.1) is 13.8 Å². The predicted molar refractivity (Wildman–Crippen MR) is 95.1 cm³/mol. The second-order valence-electron chi connectivity index (χ2n) is 6.58. The molecule has 0 saturated carbocycles. The van der Waals surface area contributed by atoms with Crippen LogP contribution in [0.25, 0.3) is 5.65 Å². The van der Waals surface area contributed by atoms with Crippen LogP contribution in [-0.4, -0.2) is 37.2 Å². The smallest absolute Gasteiger partial charge is 0.177 e. The number of aryl methyl sites for hydroxylation is 4. The van der Waals surface area contributed by atoms with Crippen LogP contribution in [0.15, 0.2) is 18.3 Å². The lowest BCUT2D eigenvalue weighted by Crippen LogP contribution is -2.15. The van der Waals surface area contributed by atoms with Crippen molar-refractivity contribution in [2.75, 3.05) is 11.9 Å². The fourth-order valence-electron chi connectivity index (χ4n) is 2.98. The van der Waals surface area contributed by atoms with E-state index >= 15 is 0 Å². The van der Waals surface area contributed by atoms with Crippen LogP contribution < -0.4 is 10.1 Å². The molecule has 130 valence electrons. The summed E-state index contributed by atoms with van der Waals surface area (Å²) in [5.41, 5.74) is 3.71.